The average Bonchev–Trinajstić information content (AvgIpc) is 2.94. The molecule has 0 saturated carbocycles. The van der Waals surface area contributed by atoms with E-state index in [1.54, 1.807) is 0 Å². The molecule has 5 rings (SSSR count). The van der Waals surface area contributed by atoms with Crippen LogP contribution in [0.5, 0.6) is 0 Å². The highest BCUT2D eigenvalue weighted by molar-refractivity contribution is 7.17. The first-order valence-electron chi connectivity index (χ1n) is 9.26. The number of anilines is 1. The molecule has 2 N–H and O–H groups in total. The van der Waals surface area contributed by atoms with Crippen LogP contribution in [0.1, 0.15) is 6.42 Å². The zero-order valence-corrected chi connectivity index (χ0v) is 15.7. The molecule has 0 bridgehead atoms. The number of hydrogen-bond acceptors (Lipinski definition) is 5. The van der Waals surface area contributed by atoms with Crippen molar-refractivity contribution in [2.75, 3.05) is 31.1 Å². The number of thiophene rings is 1. The Bertz CT molecular complexity index is 1170. The van der Waals surface area contributed by atoms with Gasteiger partial charge in [0, 0.05) is 30.6 Å². The number of rotatable bonds is 2. The molecular formula is C21H20N4OS. The van der Waals surface area contributed by atoms with Crippen molar-refractivity contribution in [2.45, 2.75) is 6.42 Å². The molecule has 0 unspecified atom stereocenters. The van der Waals surface area contributed by atoms with E-state index in [-0.39, 0.29) is 5.56 Å². The minimum atomic E-state index is -0.0587. The monoisotopic (exact) mass is 376 g/mol. The summed E-state index contributed by atoms with van der Waals surface area (Å²) in [6.45, 7) is 3.68. The molecule has 2 aromatic heterocycles. The fourth-order valence-electron chi connectivity index (χ4n) is 3.71. The SMILES string of the molecule is O=c1[nH]c(N2CCCNCC2)nc2scc(-c3ccc4ccccc4c3)c12. The summed E-state index contributed by atoms with van der Waals surface area (Å²) < 4.78 is 0. The van der Waals surface area contributed by atoms with E-state index < -0.39 is 0 Å². The van der Waals surface area contributed by atoms with Gasteiger partial charge in [-0.15, -0.1) is 11.3 Å². The smallest absolute Gasteiger partial charge is 0.261 e. The number of hydrogen-bond donors (Lipinski definition) is 2. The lowest BCUT2D eigenvalue weighted by Gasteiger charge is -2.20. The van der Waals surface area contributed by atoms with Crippen LogP contribution in [0.25, 0.3) is 32.1 Å². The van der Waals surface area contributed by atoms with Crippen LogP contribution in [-0.4, -0.2) is 36.1 Å². The number of aromatic nitrogens is 2. The lowest BCUT2D eigenvalue weighted by atomic mass is 10.0. The Morgan fingerprint density at radius 2 is 1.93 bits per heavy atom. The first-order valence-corrected chi connectivity index (χ1v) is 10.1. The predicted octanol–water partition coefficient (Wildman–Crippen LogP) is 3.60. The van der Waals surface area contributed by atoms with Crippen LogP contribution in [0.2, 0.25) is 0 Å². The van der Waals surface area contributed by atoms with Gasteiger partial charge in [0.05, 0.1) is 5.39 Å². The maximum absolute atomic E-state index is 12.9. The molecule has 3 heterocycles. The van der Waals surface area contributed by atoms with Gasteiger partial charge in [0.1, 0.15) is 4.83 Å². The second-order valence-corrected chi connectivity index (χ2v) is 7.73. The Balaban J connectivity index is 1.60. The van der Waals surface area contributed by atoms with Crippen molar-refractivity contribution in [1.29, 1.82) is 0 Å². The molecule has 4 aromatic rings. The summed E-state index contributed by atoms with van der Waals surface area (Å²) in [6, 6.07) is 14.6. The number of fused-ring (bicyclic) bond motifs is 2. The van der Waals surface area contributed by atoms with Gasteiger partial charge in [0.15, 0.2) is 0 Å². The van der Waals surface area contributed by atoms with Crippen molar-refractivity contribution in [3.05, 3.63) is 58.2 Å². The third kappa shape index (κ3) is 3.01. The maximum Gasteiger partial charge on any atom is 0.261 e. The molecule has 0 amide bonds. The van der Waals surface area contributed by atoms with E-state index in [1.165, 1.54) is 22.1 Å². The molecule has 1 saturated heterocycles. The zero-order chi connectivity index (χ0) is 18.2. The van der Waals surface area contributed by atoms with Gasteiger partial charge in [0.25, 0.3) is 5.56 Å². The lowest BCUT2D eigenvalue weighted by Crippen LogP contribution is -2.31. The Morgan fingerprint density at radius 3 is 2.85 bits per heavy atom. The topological polar surface area (TPSA) is 61.0 Å². The van der Waals surface area contributed by atoms with Gasteiger partial charge in [-0.2, -0.15) is 0 Å². The minimum Gasteiger partial charge on any atom is -0.341 e. The van der Waals surface area contributed by atoms with Gasteiger partial charge in [-0.05, 0) is 35.4 Å². The van der Waals surface area contributed by atoms with Crippen LogP contribution < -0.4 is 15.8 Å². The number of nitrogens with zero attached hydrogens (tertiary/aromatic N) is 2. The Hall–Kier alpha value is -2.70. The van der Waals surface area contributed by atoms with Crippen molar-refractivity contribution in [3.8, 4) is 11.1 Å². The molecule has 0 atom stereocenters. The number of benzene rings is 2. The van der Waals surface area contributed by atoms with Crippen molar-refractivity contribution >= 4 is 38.3 Å². The highest BCUT2D eigenvalue weighted by Gasteiger charge is 2.17. The van der Waals surface area contributed by atoms with Crippen LogP contribution in [0, 0.1) is 0 Å². The summed E-state index contributed by atoms with van der Waals surface area (Å²) in [6.07, 6.45) is 1.05. The summed E-state index contributed by atoms with van der Waals surface area (Å²) in [4.78, 5) is 23.7. The third-order valence-electron chi connectivity index (χ3n) is 5.13. The fraction of sp³-hybridized carbons (Fsp3) is 0.238. The van der Waals surface area contributed by atoms with Gasteiger partial charge in [-0.25, -0.2) is 4.98 Å². The van der Waals surface area contributed by atoms with Gasteiger partial charge in [-0.3, -0.25) is 9.78 Å². The molecule has 0 aliphatic carbocycles. The van der Waals surface area contributed by atoms with Gasteiger partial charge in [0.2, 0.25) is 5.95 Å². The summed E-state index contributed by atoms with van der Waals surface area (Å²) in [5.74, 6) is 0.683. The average molecular weight is 376 g/mol. The number of nitrogens with one attached hydrogen (secondary N) is 2. The molecule has 1 aliphatic rings. The van der Waals surface area contributed by atoms with Gasteiger partial charge < -0.3 is 10.2 Å². The van der Waals surface area contributed by atoms with Crippen LogP contribution in [-0.2, 0) is 0 Å². The van der Waals surface area contributed by atoms with Crippen molar-refractivity contribution in [1.82, 2.24) is 15.3 Å². The van der Waals surface area contributed by atoms with Crippen molar-refractivity contribution in [3.63, 3.8) is 0 Å². The largest absolute Gasteiger partial charge is 0.341 e. The fourth-order valence-corrected chi connectivity index (χ4v) is 4.66. The van der Waals surface area contributed by atoms with Crippen LogP contribution in [0.3, 0.4) is 0 Å². The Kier molecular flexibility index (Phi) is 4.14. The molecule has 1 fully saturated rings. The van der Waals surface area contributed by atoms with Crippen molar-refractivity contribution in [2.24, 2.45) is 0 Å². The van der Waals surface area contributed by atoms with Gasteiger partial charge in [-0.1, -0.05) is 36.4 Å². The Morgan fingerprint density at radius 1 is 1.04 bits per heavy atom. The summed E-state index contributed by atoms with van der Waals surface area (Å²) >= 11 is 1.54. The highest BCUT2D eigenvalue weighted by Crippen LogP contribution is 2.33. The molecule has 27 heavy (non-hydrogen) atoms. The maximum atomic E-state index is 12.9. The second kappa shape index (κ2) is 6.79. The third-order valence-corrected chi connectivity index (χ3v) is 6.00. The molecule has 5 nitrogen and oxygen atoms in total. The quantitative estimate of drug-likeness (QED) is 0.561. The molecule has 2 aromatic carbocycles. The normalized spacial score (nSPS) is 15.3. The molecule has 1 aliphatic heterocycles. The number of aromatic amines is 1. The second-order valence-electron chi connectivity index (χ2n) is 6.87. The van der Waals surface area contributed by atoms with E-state index in [1.807, 2.05) is 17.5 Å². The summed E-state index contributed by atoms with van der Waals surface area (Å²) in [5.41, 5.74) is 1.95. The van der Waals surface area contributed by atoms with E-state index in [4.69, 9.17) is 4.98 Å². The summed E-state index contributed by atoms with van der Waals surface area (Å²) in [7, 11) is 0. The molecule has 136 valence electrons. The highest BCUT2D eigenvalue weighted by atomic mass is 32.1. The minimum absolute atomic E-state index is 0.0587. The standard InChI is InChI=1S/C21H20N4OS/c26-19-18-17(16-7-6-14-4-1-2-5-15(14)12-16)13-27-20(18)24-21(23-19)25-10-3-8-22-9-11-25/h1-2,4-7,12-13,22H,3,8-11H2,(H,23,24,26). The summed E-state index contributed by atoms with van der Waals surface area (Å²) in [5, 5.41) is 8.49. The molecular weight excluding hydrogens is 356 g/mol. The lowest BCUT2D eigenvalue weighted by molar-refractivity contribution is 0.724. The van der Waals surface area contributed by atoms with E-state index >= 15 is 0 Å². The molecule has 0 radical (unpaired) electrons. The van der Waals surface area contributed by atoms with E-state index in [0.29, 0.717) is 11.3 Å². The van der Waals surface area contributed by atoms with E-state index in [9.17, 15) is 4.79 Å². The first-order chi connectivity index (χ1) is 13.3. The number of H-pyrrole nitrogens is 1. The van der Waals surface area contributed by atoms with E-state index in [2.05, 4.69) is 45.5 Å². The van der Waals surface area contributed by atoms with Gasteiger partial charge >= 0.3 is 0 Å². The first kappa shape index (κ1) is 16.5. The van der Waals surface area contributed by atoms with Crippen LogP contribution in [0.4, 0.5) is 5.95 Å². The molecule has 6 heteroatoms. The van der Waals surface area contributed by atoms with Crippen LogP contribution in [0.15, 0.2) is 52.6 Å². The van der Waals surface area contributed by atoms with E-state index in [0.717, 1.165) is 48.6 Å². The van der Waals surface area contributed by atoms with Crippen molar-refractivity contribution < 1.29 is 0 Å². The predicted molar refractivity (Wildman–Crippen MR) is 113 cm³/mol. The van der Waals surface area contributed by atoms with Crippen LogP contribution >= 0.6 is 11.3 Å². The molecule has 0 spiro atoms. The Labute approximate surface area is 160 Å². The zero-order valence-electron chi connectivity index (χ0n) is 14.9.